The van der Waals surface area contributed by atoms with Crippen molar-refractivity contribution in [1.82, 2.24) is 9.80 Å². The first-order valence-electron chi connectivity index (χ1n) is 9.02. The molecule has 2 heterocycles. The maximum absolute atomic E-state index is 13.2. The van der Waals surface area contributed by atoms with E-state index in [1.54, 1.807) is 24.3 Å². The number of nitrogens with two attached hydrogens (primary N) is 1. The average Bonchev–Trinajstić information content (AvgIpc) is 2.63. The van der Waals surface area contributed by atoms with Crippen LogP contribution in [0.15, 0.2) is 24.3 Å². The Balaban J connectivity index is 1.76. The van der Waals surface area contributed by atoms with Gasteiger partial charge in [0.2, 0.25) is 0 Å². The molecule has 5 nitrogen and oxygen atoms in total. The maximum Gasteiger partial charge on any atom is 0.261 e. The van der Waals surface area contributed by atoms with Gasteiger partial charge in [0.15, 0.2) is 0 Å². The fourth-order valence-corrected chi connectivity index (χ4v) is 4.37. The summed E-state index contributed by atoms with van der Waals surface area (Å²) in [6.07, 6.45) is 1.59. The molecule has 0 aliphatic carbocycles. The second-order valence-electron chi connectivity index (χ2n) is 7.39. The number of amides is 2. The highest BCUT2D eigenvalue weighted by molar-refractivity contribution is 6.37. The predicted octanol–water partition coefficient (Wildman–Crippen LogP) is 3.54. The van der Waals surface area contributed by atoms with Gasteiger partial charge in [-0.3, -0.25) is 14.5 Å². The third-order valence-corrected chi connectivity index (χ3v) is 5.96. The Bertz CT molecular complexity index is 917. The number of hydrogen-bond acceptors (Lipinski definition) is 4. The fraction of sp³-hybridized carbons (Fsp3) is 0.400. The van der Waals surface area contributed by atoms with Crippen LogP contribution in [0, 0.1) is 0 Å². The molecule has 2 aliphatic heterocycles. The number of anilines is 1. The summed E-state index contributed by atoms with van der Waals surface area (Å²) in [6, 6.07) is 7.37. The largest absolute Gasteiger partial charge is 0.397 e. The van der Waals surface area contributed by atoms with E-state index in [1.807, 2.05) is 0 Å². The normalized spacial score (nSPS) is 19.0. The predicted molar refractivity (Wildman–Crippen MR) is 104 cm³/mol. The zero-order valence-corrected chi connectivity index (χ0v) is 15.7. The SMILES string of the molecule is CC(C)N1CCC(N2C(=O)c3cccc4c(N)c(Cl)cc(c34)C2=O)CC1. The summed E-state index contributed by atoms with van der Waals surface area (Å²) in [5.74, 6) is -0.485. The van der Waals surface area contributed by atoms with Crippen molar-refractivity contribution >= 4 is 39.9 Å². The third-order valence-electron chi connectivity index (χ3n) is 5.65. The van der Waals surface area contributed by atoms with Gasteiger partial charge < -0.3 is 10.6 Å². The molecule has 0 unspecified atom stereocenters. The molecule has 0 spiro atoms. The fourth-order valence-electron chi connectivity index (χ4n) is 4.16. The molecule has 6 heteroatoms. The van der Waals surface area contributed by atoms with Crippen LogP contribution in [0.25, 0.3) is 10.8 Å². The second kappa shape index (κ2) is 6.25. The molecule has 2 aromatic carbocycles. The smallest absolute Gasteiger partial charge is 0.261 e. The molecule has 0 saturated carbocycles. The molecule has 26 heavy (non-hydrogen) atoms. The van der Waals surface area contributed by atoms with Gasteiger partial charge in [0.05, 0.1) is 16.3 Å². The molecule has 2 N–H and O–H groups in total. The van der Waals surface area contributed by atoms with Crippen LogP contribution >= 0.6 is 11.6 Å². The summed E-state index contributed by atoms with van der Waals surface area (Å²) < 4.78 is 0. The highest BCUT2D eigenvalue weighted by Gasteiger charge is 2.39. The van der Waals surface area contributed by atoms with Crippen LogP contribution in [0.2, 0.25) is 5.02 Å². The number of hydrogen-bond donors (Lipinski definition) is 1. The monoisotopic (exact) mass is 371 g/mol. The van der Waals surface area contributed by atoms with Crippen LogP contribution < -0.4 is 5.73 Å². The molecule has 4 rings (SSSR count). The molecular formula is C20H22ClN3O2. The summed E-state index contributed by atoms with van der Waals surface area (Å²) >= 11 is 6.25. The van der Waals surface area contributed by atoms with Gasteiger partial charge in [-0.15, -0.1) is 0 Å². The van der Waals surface area contributed by atoms with Gasteiger partial charge in [0.25, 0.3) is 11.8 Å². The zero-order chi connectivity index (χ0) is 18.6. The number of carbonyl (C=O) groups excluding carboxylic acids is 2. The van der Waals surface area contributed by atoms with Crippen LogP contribution in [0.5, 0.6) is 0 Å². The Morgan fingerprint density at radius 2 is 1.77 bits per heavy atom. The Morgan fingerprint density at radius 1 is 1.12 bits per heavy atom. The van der Waals surface area contributed by atoms with Gasteiger partial charge >= 0.3 is 0 Å². The lowest BCUT2D eigenvalue weighted by molar-refractivity contribution is 0.0438. The molecular weight excluding hydrogens is 350 g/mol. The summed E-state index contributed by atoms with van der Waals surface area (Å²) in [4.78, 5) is 30.1. The number of imide groups is 1. The topological polar surface area (TPSA) is 66.6 Å². The van der Waals surface area contributed by atoms with Gasteiger partial charge in [-0.1, -0.05) is 23.7 Å². The number of halogens is 1. The van der Waals surface area contributed by atoms with Crippen molar-refractivity contribution < 1.29 is 9.59 Å². The molecule has 0 atom stereocenters. The van der Waals surface area contributed by atoms with Crippen molar-refractivity contribution in [2.75, 3.05) is 18.8 Å². The van der Waals surface area contributed by atoms with Crippen molar-refractivity contribution in [2.24, 2.45) is 0 Å². The molecule has 2 amide bonds. The van der Waals surface area contributed by atoms with Gasteiger partial charge in [0, 0.05) is 41.5 Å². The van der Waals surface area contributed by atoms with E-state index >= 15 is 0 Å². The number of rotatable bonds is 2. The van der Waals surface area contributed by atoms with Crippen molar-refractivity contribution in [3.8, 4) is 0 Å². The molecule has 1 saturated heterocycles. The van der Waals surface area contributed by atoms with Crippen LogP contribution in [0.3, 0.4) is 0 Å². The Morgan fingerprint density at radius 3 is 2.42 bits per heavy atom. The number of piperidine rings is 1. The highest BCUT2D eigenvalue weighted by atomic mass is 35.5. The van der Waals surface area contributed by atoms with Gasteiger partial charge in [-0.25, -0.2) is 0 Å². The lowest BCUT2D eigenvalue weighted by Gasteiger charge is -2.40. The van der Waals surface area contributed by atoms with Crippen molar-refractivity contribution in [1.29, 1.82) is 0 Å². The lowest BCUT2D eigenvalue weighted by Crippen LogP contribution is -2.52. The molecule has 0 bridgehead atoms. The average molecular weight is 372 g/mol. The number of carbonyl (C=O) groups is 2. The first-order chi connectivity index (χ1) is 12.4. The van der Waals surface area contributed by atoms with Crippen molar-refractivity contribution in [3.63, 3.8) is 0 Å². The minimum Gasteiger partial charge on any atom is -0.397 e. The van der Waals surface area contributed by atoms with E-state index in [2.05, 4.69) is 18.7 Å². The highest BCUT2D eigenvalue weighted by Crippen LogP contribution is 2.38. The standard InChI is InChI=1S/C20H22ClN3O2/c1-11(2)23-8-6-12(7-9-23)24-19(25)14-5-3-4-13-17(14)15(20(24)26)10-16(21)18(13)22/h3-5,10-12H,6-9,22H2,1-2H3. The van der Waals surface area contributed by atoms with Crippen LogP contribution in [0.4, 0.5) is 5.69 Å². The lowest BCUT2D eigenvalue weighted by atomic mass is 9.90. The molecule has 0 aromatic heterocycles. The molecule has 2 aromatic rings. The van der Waals surface area contributed by atoms with E-state index in [1.165, 1.54) is 4.90 Å². The Labute approximate surface area is 157 Å². The van der Waals surface area contributed by atoms with Gasteiger partial charge in [-0.2, -0.15) is 0 Å². The molecule has 2 aliphatic rings. The third kappa shape index (κ3) is 2.49. The zero-order valence-electron chi connectivity index (χ0n) is 15.0. The second-order valence-corrected chi connectivity index (χ2v) is 7.80. The van der Waals surface area contributed by atoms with Crippen LogP contribution in [-0.2, 0) is 0 Å². The number of likely N-dealkylation sites (tertiary alicyclic amines) is 1. The van der Waals surface area contributed by atoms with E-state index in [9.17, 15) is 9.59 Å². The number of benzene rings is 2. The Hall–Kier alpha value is -2.11. The van der Waals surface area contributed by atoms with E-state index in [0.29, 0.717) is 38.7 Å². The summed E-state index contributed by atoms with van der Waals surface area (Å²) in [7, 11) is 0. The van der Waals surface area contributed by atoms with E-state index < -0.39 is 0 Å². The minimum absolute atomic E-state index is 0.0789. The first-order valence-corrected chi connectivity index (χ1v) is 9.40. The van der Waals surface area contributed by atoms with Gasteiger partial charge in [-0.05, 0) is 38.8 Å². The number of nitrogens with zero attached hydrogens (tertiary/aromatic N) is 2. The molecule has 0 radical (unpaired) electrons. The van der Waals surface area contributed by atoms with E-state index in [0.717, 1.165) is 25.9 Å². The molecule has 1 fully saturated rings. The summed E-state index contributed by atoms with van der Waals surface area (Å²) in [5.41, 5.74) is 7.49. The quantitative estimate of drug-likeness (QED) is 0.647. The van der Waals surface area contributed by atoms with Crippen LogP contribution in [0.1, 0.15) is 47.4 Å². The summed E-state index contributed by atoms with van der Waals surface area (Å²) in [6.45, 7) is 6.11. The van der Waals surface area contributed by atoms with Crippen LogP contribution in [-0.4, -0.2) is 46.8 Å². The van der Waals surface area contributed by atoms with E-state index in [4.69, 9.17) is 17.3 Å². The van der Waals surface area contributed by atoms with E-state index in [-0.39, 0.29) is 17.9 Å². The Kier molecular flexibility index (Phi) is 4.16. The van der Waals surface area contributed by atoms with Crippen molar-refractivity contribution in [3.05, 3.63) is 40.4 Å². The van der Waals surface area contributed by atoms with Crippen molar-refractivity contribution in [2.45, 2.75) is 38.8 Å². The maximum atomic E-state index is 13.2. The molecule has 136 valence electrons. The number of nitrogen functional groups attached to an aromatic ring is 1. The first kappa shape index (κ1) is 17.3. The minimum atomic E-state index is -0.261. The summed E-state index contributed by atoms with van der Waals surface area (Å²) in [5, 5.41) is 1.64. The van der Waals surface area contributed by atoms with Gasteiger partial charge in [0.1, 0.15) is 0 Å².